The highest BCUT2D eigenvalue weighted by Crippen LogP contribution is 2.15. The van der Waals surface area contributed by atoms with Gasteiger partial charge in [0.25, 0.3) is 0 Å². The number of hydrogen-bond acceptors (Lipinski definition) is 3. The Labute approximate surface area is 98.8 Å². The number of piperazine rings is 1. The first kappa shape index (κ1) is 13.5. The molecule has 0 radical (unpaired) electrons. The first-order valence-electron chi connectivity index (χ1n) is 6.14. The summed E-state index contributed by atoms with van der Waals surface area (Å²) in [5.74, 6) is 0.656. The van der Waals surface area contributed by atoms with Gasteiger partial charge in [0, 0.05) is 31.7 Å². The maximum absolute atomic E-state index is 11.7. The van der Waals surface area contributed by atoms with E-state index in [1.165, 1.54) is 0 Å². The van der Waals surface area contributed by atoms with Gasteiger partial charge in [-0.25, -0.2) is 0 Å². The van der Waals surface area contributed by atoms with Crippen molar-refractivity contribution in [1.82, 2.24) is 15.5 Å². The molecule has 4 nitrogen and oxygen atoms in total. The molecule has 1 saturated heterocycles. The van der Waals surface area contributed by atoms with Crippen LogP contribution in [0.15, 0.2) is 0 Å². The van der Waals surface area contributed by atoms with Crippen molar-refractivity contribution in [1.29, 1.82) is 0 Å². The minimum absolute atomic E-state index is 0.0768. The second-order valence-electron chi connectivity index (χ2n) is 5.61. The third kappa shape index (κ3) is 4.10. The lowest BCUT2D eigenvalue weighted by Crippen LogP contribution is -2.59. The smallest absolute Gasteiger partial charge is 0.234 e. The van der Waals surface area contributed by atoms with E-state index in [4.69, 9.17) is 0 Å². The minimum atomic E-state index is 0.0768. The van der Waals surface area contributed by atoms with Gasteiger partial charge in [-0.2, -0.15) is 0 Å². The van der Waals surface area contributed by atoms with E-state index in [1.807, 2.05) is 0 Å². The highest BCUT2D eigenvalue weighted by Gasteiger charge is 2.30. The first-order valence-corrected chi connectivity index (χ1v) is 6.14. The molecule has 1 rings (SSSR count). The second-order valence-corrected chi connectivity index (χ2v) is 5.61. The Kier molecular flexibility index (Phi) is 4.74. The predicted molar refractivity (Wildman–Crippen MR) is 66.4 cm³/mol. The highest BCUT2D eigenvalue weighted by molar-refractivity contribution is 5.78. The molecule has 1 heterocycles. The third-order valence-electron chi connectivity index (χ3n) is 3.01. The van der Waals surface area contributed by atoms with Crippen LogP contribution in [0.25, 0.3) is 0 Å². The van der Waals surface area contributed by atoms with Gasteiger partial charge in [0.15, 0.2) is 0 Å². The van der Waals surface area contributed by atoms with E-state index in [1.54, 1.807) is 0 Å². The summed E-state index contributed by atoms with van der Waals surface area (Å²) in [6, 6.07) is 0. The average Bonchev–Trinajstić information content (AvgIpc) is 2.18. The number of hydrogen-bond donors (Lipinski definition) is 2. The number of carbonyl (C=O) groups is 1. The lowest BCUT2D eigenvalue weighted by atomic mass is 10.0. The van der Waals surface area contributed by atoms with Crippen LogP contribution in [-0.4, -0.2) is 49.1 Å². The highest BCUT2D eigenvalue weighted by atomic mass is 16.2. The standard InChI is InChI=1S/C12H25N3O/c1-10(2)7-14-11(16)8-15-6-5-13-9-12(15,3)4/h10,13H,5-9H2,1-4H3,(H,14,16). The summed E-state index contributed by atoms with van der Waals surface area (Å²) in [5, 5.41) is 6.32. The maximum Gasteiger partial charge on any atom is 0.234 e. The molecular weight excluding hydrogens is 202 g/mol. The van der Waals surface area contributed by atoms with E-state index in [0.717, 1.165) is 26.2 Å². The Hall–Kier alpha value is -0.610. The molecule has 2 N–H and O–H groups in total. The van der Waals surface area contributed by atoms with E-state index in [2.05, 4.69) is 43.2 Å². The van der Waals surface area contributed by atoms with Crippen molar-refractivity contribution in [2.24, 2.45) is 5.92 Å². The van der Waals surface area contributed by atoms with Crippen LogP contribution in [0, 0.1) is 5.92 Å². The Morgan fingerprint density at radius 3 is 2.75 bits per heavy atom. The Bertz CT molecular complexity index is 238. The van der Waals surface area contributed by atoms with Gasteiger partial charge in [0.1, 0.15) is 0 Å². The van der Waals surface area contributed by atoms with Crippen molar-refractivity contribution < 1.29 is 4.79 Å². The summed E-state index contributed by atoms with van der Waals surface area (Å²) in [6.45, 7) is 12.7. The molecule has 0 saturated carbocycles. The molecule has 0 spiro atoms. The molecule has 0 aliphatic carbocycles. The average molecular weight is 227 g/mol. The zero-order chi connectivity index (χ0) is 12.2. The monoisotopic (exact) mass is 227 g/mol. The minimum Gasteiger partial charge on any atom is -0.355 e. The van der Waals surface area contributed by atoms with Crippen LogP contribution in [0.1, 0.15) is 27.7 Å². The number of nitrogens with one attached hydrogen (secondary N) is 2. The lowest BCUT2D eigenvalue weighted by Gasteiger charge is -2.42. The molecule has 0 aromatic carbocycles. The number of amides is 1. The molecular formula is C12H25N3O. The quantitative estimate of drug-likeness (QED) is 0.732. The Morgan fingerprint density at radius 1 is 1.50 bits per heavy atom. The molecule has 1 fully saturated rings. The predicted octanol–water partition coefficient (Wildman–Crippen LogP) is 0.442. The van der Waals surface area contributed by atoms with Gasteiger partial charge in [-0.3, -0.25) is 9.69 Å². The van der Waals surface area contributed by atoms with Gasteiger partial charge in [-0.1, -0.05) is 13.8 Å². The van der Waals surface area contributed by atoms with Crippen LogP contribution < -0.4 is 10.6 Å². The molecule has 94 valence electrons. The van der Waals surface area contributed by atoms with Crippen LogP contribution in [0.2, 0.25) is 0 Å². The molecule has 0 unspecified atom stereocenters. The fourth-order valence-corrected chi connectivity index (χ4v) is 1.86. The first-order chi connectivity index (χ1) is 7.42. The van der Waals surface area contributed by atoms with Crippen molar-refractivity contribution in [3.8, 4) is 0 Å². The van der Waals surface area contributed by atoms with E-state index >= 15 is 0 Å². The third-order valence-corrected chi connectivity index (χ3v) is 3.01. The van der Waals surface area contributed by atoms with E-state index < -0.39 is 0 Å². The van der Waals surface area contributed by atoms with Crippen molar-refractivity contribution in [2.45, 2.75) is 33.2 Å². The van der Waals surface area contributed by atoms with Crippen LogP contribution in [0.5, 0.6) is 0 Å². The van der Waals surface area contributed by atoms with Crippen molar-refractivity contribution in [2.75, 3.05) is 32.7 Å². The molecule has 4 heteroatoms. The van der Waals surface area contributed by atoms with Crippen molar-refractivity contribution >= 4 is 5.91 Å². The summed E-state index contributed by atoms with van der Waals surface area (Å²) in [6.07, 6.45) is 0. The molecule has 0 bridgehead atoms. The zero-order valence-corrected chi connectivity index (χ0v) is 11.0. The van der Waals surface area contributed by atoms with E-state index in [-0.39, 0.29) is 11.4 Å². The maximum atomic E-state index is 11.7. The van der Waals surface area contributed by atoms with Crippen molar-refractivity contribution in [3.63, 3.8) is 0 Å². The molecule has 0 aromatic rings. The molecule has 1 amide bonds. The molecule has 0 aromatic heterocycles. The number of rotatable bonds is 4. The normalized spacial score (nSPS) is 21.1. The van der Waals surface area contributed by atoms with Crippen LogP contribution in [0.4, 0.5) is 0 Å². The fraction of sp³-hybridized carbons (Fsp3) is 0.917. The van der Waals surface area contributed by atoms with E-state index in [9.17, 15) is 4.79 Å². The largest absolute Gasteiger partial charge is 0.355 e. The van der Waals surface area contributed by atoms with Crippen LogP contribution in [0.3, 0.4) is 0 Å². The summed E-state index contributed by atoms with van der Waals surface area (Å²) >= 11 is 0. The summed E-state index contributed by atoms with van der Waals surface area (Å²) in [4.78, 5) is 14.0. The van der Waals surface area contributed by atoms with Gasteiger partial charge in [-0.05, 0) is 19.8 Å². The molecule has 16 heavy (non-hydrogen) atoms. The summed E-state index contributed by atoms with van der Waals surface area (Å²) in [5.41, 5.74) is 0.0768. The molecule has 1 aliphatic heterocycles. The second kappa shape index (κ2) is 5.64. The van der Waals surface area contributed by atoms with Gasteiger partial charge in [-0.15, -0.1) is 0 Å². The molecule has 0 atom stereocenters. The Morgan fingerprint density at radius 2 is 2.19 bits per heavy atom. The SMILES string of the molecule is CC(C)CNC(=O)CN1CCNCC1(C)C. The fourth-order valence-electron chi connectivity index (χ4n) is 1.86. The summed E-state index contributed by atoms with van der Waals surface area (Å²) in [7, 11) is 0. The van der Waals surface area contributed by atoms with Crippen molar-refractivity contribution in [3.05, 3.63) is 0 Å². The number of nitrogens with zero attached hydrogens (tertiary/aromatic N) is 1. The van der Waals surface area contributed by atoms with Gasteiger partial charge < -0.3 is 10.6 Å². The van der Waals surface area contributed by atoms with Crippen LogP contribution >= 0.6 is 0 Å². The van der Waals surface area contributed by atoms with Crippen LogP contribution in [-0.2, 0) is 4.79 Å². The van der Waals surface area contributed by atoms with Gasteiger partial charge in [0.2, 0.25) is 5.91 Å². The lowest BCUT2D eigenvalue weighted by molar-refractivity contribution is -0.124. The zero-order valence-electron chi connectivity index (χ0n) is 11.0. The molecule has 1 aliphatic rings. The van der Waals surface area contributed by atoms with Gasteiger partial charge >= 0.3 is 0 Å². The Balaban J connectivity index is 2.37. The van der Waals surface area contributed by atoms with Gasteiger partial charge in [0.05, 0.1) is 6.54 Å². The summed E-state index contributed by atoms with van der Waals surface area (Å²) < 4.78 is 0. The topological polar surface area (TPSA) is 44.4 Å². The number of carbonyl (C=O) groups excluding carboxylic acids is 1. The van der Waals surface area contributed by atoms with E-state index in [0.29, 0.717) is 12.5 Å².